The van der Waals surface area contributed by atoms with E-state index in [0.717, 1.165) is 104 Å². The molecule has 9 heteroatoms. The number of rotatable bonds is 44. The number of allylic oxidation sites excluding steroid dienone is 2. The molecule has 77 heavy (non-hydrogen) atoms. The van der Waals surface area contributed by atoms with Crippen molar-refractivity contribution in [3.8, 4) is 28.7 Å². The number of carbonyl (C=O) groups excluding carboxylic acids is 2. The van der Waals surface area contributed by atoms with Crippen LogP contribution in [0.2, 0.25) is 0 Å². The highest BCUT2D eigenvalue weighted by Crippen LogP contribution is 2.40. The first-order valence-electron chi connectivity index (χ1n) is 31.5. The number of Topliss-reactive ketones (excluding diaryl/α,β-unsaturated/α-hetero) is 2. The molecule has 0 atom stereocenters. The van der Waals surface area contributed by atoms with E-state index < -0.39 is 0 Å². The smallest absolute Gasteiger partial charge is 0.190 e. The van der Waals surface area contributed by atoms with E-state index in [-0.39, 0.29) is 11.6 Å². The standard InChI is InChI=1S/C68H104N2O7/c1-6-11-16-21-26-31-42-73-58-40-41-59-54(47-58)36-38-56(67(59)71)52-69-61-50-65(76-45-34-29-24-19-14-9-4)66(77-46-35-30-25-20-15-10-5)51-62(61)70-53-57-39-37-55-48-63(74-43-32-27-22-17-12-7-2)64(49-60(55)68(57)72)75-44-33-28-23-18-13-8-3/h40-41,47-53,69-70H,6-39,42-46H2,1-5H3/b56-52-,57-53+. The Morgan fingerprint density at radius 2 is 0.675 bits per heavy atom. The highest BCUT2D eigenvalue weighted by molar-refractivity contribution is 6.12. The van der Waals surface area contributed by atoms with Gasteiger partial charge in [0.15, 0.2) is 34.6 Å². The van der Waals surface area contributed by atoms with Gasteiger partial charge >= 0.3 is 0 Å². The summed E-state index contributed by atoms with van der Waals surface area (Å²) >= 11 is 0. The topological polar surface area (TPSA) is 104 Å². The number of carbonyl (C=O) groups is 2. The van der Waals surface area contributed by atoms with Crippen LogP contribution in [0.1, 0.15) is 272 Å². The number of nitrogens with one attached hydrogen (secondary N) is 2. The van der Waals surface area contributed by atoms with Gasteiger partial charge < -0.3 is 34.3 Å². The monoisotopic (exact) mass is 1060 g/mol. The van der Waals surface area contributed by atoms with Crippen LogP contribution in [0, 0.1) is 0 Å². The molecular weight excluding hydrogens is 957 g/mol. The summed E-state index contributed by atoms with van der Waals surface area (Å²) < 4.78 is 32.2. The molecule has 0 amide bonds. The molecule has 2 N–H and O–H groups in total. The van der Waals surface area contributed by atoms with Crippen molar-refractivity contribution in [3.63, 3.8) is 0 Å². The molecule has 0 fully saturated rings. The minimum Gasteiger partial charge on any atom is -0.494 e. The van der Waals surface area contributed by atoms with Crippen LogP contribution in [0.15, 0.2) is 66.0 Å². The lowest BCUT2D eigenvalue weighted by molar-refractivity contribution is 0.101. The van der Waals surface area contributed by atoms with Gasteiger partial charge in [-0.05, 0) is 99.2 Å². The van der Waals surface area contributed by atoms with E-state index in [2.05, 4.69) is 57.4 Å². The van der Waals surface area contributed by atoms with Gasteiger partial charge in [-0.15, -0.1) is 0 Å². The third-order valence-electron chi connectivity index (χ3n) is 15.3. The molecule has 0 spiro atoms. The third kappa shape index (κ3) is 23.1. The van der Waals surface area contributed by atoms with Crippen molar-refractivity contribution in [2.75, 3.05) is 43.7 Å². The average molecular weight is 1060 g/mol. The molecule has 0 aromatic heterocycles. The summed E-state index contributed by atoms with van der Waals surface area (Å²) in [6, 6.07) is 13.9. The second-order valence-corrected chi connectivity index (χ2v) is 22.0. The maximum atomic E-state index is 14.5. The van der Waals surface area contributed by atoms with Gasteiger partial charge in [0.2, 0.25) is 0 Å². The Morgan fingerprint density at radius 3 is 1.08 bits per heavy atom. The fraction of sp³-hybridized carbons (Fsp3) is 0.647. The molecule has 0 heterocycles. The second-order valence-electron chi connectivity index (χ2n) is 22.0. The molecule has 3 aromatic rings. The molecule has 2 aliphatic rings. The Morgan fingerprint density at radius 1 is 0.351 bits per heavy atom. The van der Waals surface area contributed by atoms with E-state index in [9.17, 15) is 9.59 Å². The highest BCUT2D eigenvalue weighted by Gasteiger charge is 2.26. The number of hydrogen-bond donors (Lipinski definition) is 2. The Balaban J connectivity index is 1.39. The van der Waals surface area contributed by atoms with Crippen molar-refractivity contribution in [1.82, 2.24) is 0 Å². The van der Waals surface area contributed by atoms with E-state index in [1.165, 1.54) is 135 Å². The fourth-order valence-electron chi connectivity index (χ4n) is 10.4. The van der Waals surface area contributed by atoms with Crippen molar-refractivity contribution in [3.05, 3.63) is 88.3 Å². The van der Waals surface area contributed by atoms with Crippen LogP contribution in [-0.4, -0.2) is 44.6 Å². The summed E-state index contributed by atoms with van der Waals surface area (Å²) in [5, 5.41) is 7.11. The van der Waals surface area contributed by atoms with Crippen LogP contribution < -0.4 is 34.3 Å². The SMILES string of the molecule is CCCCCCCCOc1ccc2c(c1)CC/C(=C/Nc1cc(OCCCCCCCC)c(OCCCCCCCC)cc1N/C=C1\CCc3cc(OCCCCCCCC)c(OCCCCCCCC)cc3C1=O)C2=O. The Bertz CT molecular complexity index is 2210. The van der Waals surface area contributed by atoms with Gasteiger partial charge in [-0.3, -0.25) is 9.59 Å². The Labute approximate surface area is 467 Å². The van der Waals surface area contributed by atoms with Gasteiger partial charge in [-0.2, -0.15) is 0 Å². The zero-order chi connectivity index (χ0) is 54.6. The van der Waals surface area contributed by atoms with Gasteiger partial charge in [-0.1, -0.05) is 195 Å². The van der Waals surface area contributed by atoms with Crippen molar-refractivity contribution in [1.29, 1.82) is 0 Å². The van der Waals surface area contributed by atoms with Crippen LogP contribution in [0.5, 0.6) is 28.7 Å². The Hall–Kier alpha value is -4.92. The first-order valence-corrected chi connectivity index (χ1v) is 31.5. The van der Waals surface area contributed by atoms with Crippen LogP contribution >= 0.6 is 0 Å². The van der Waals surface area contributed by atoms with Crippen LogP contribution in [0.25, 0.3) is 0 Å². The number of benzene rings is 3. The van der Waals surface area contributed by atoms with E-state index in [1.54, 1.807) is 0 Å². The fourth-order valence-corrected chi connectivity index (χ4v) is 10.4. The molecule has 5 rings (SSSR count). The van der Waals surface area contributed by atoms with Gasteiger partial charge in [0, 0.05) is 46.8 Å². The number of ketones is 2. The maximum Gasteiger partial charge on any atom is 0.190 e. The second kappa shape index (κ2) is 38.6. The van der Waals surface area contributed by atoms with Crippen molar-refractivity contribution in [2.45, 2.75) is 253 Å². The molecule has 0 saturated carbocycles. The molecule has 0 aliphatic heterocycles. The van der Waals surface area contributed by atoms with Crippen LogP contribution in [0.3, 0.4) is 0 Å². The predicted octanol–water partition coefficient (Wildman–Crippen LogP) is 19.6. The zero-order valence-corrected chi connectivity index (χ0v) is 49.1. The lowest BCUT2D eigenvalue weighted by atomic mass is 9.87. The number of anilines is 2. The summed E-state index contributed by atoms with van der Waals surface area (Å²) in [7, 11) is 0. The molecule has 428 valence electrons. The molecule has 0 unspecified atom stereocenters. The number of unbranched alkanes of at least 4 members (excludes halogenated alkanes) is 25. The minimum atomic E-state index is -0.0110. The quantitative estimate of drug-likeness (QED) is 0.0423. The van der Waals surface area contributed by atoms with E-state index in [4.69, 9.17) is 23.7 Å². The van der Waals surface area contributed by atoms with Gasteiger partial charge in [0.05, 0.1) is 44.4 Å². The highest BCUT2D eigenvalue weighted by atomic mass is 16.5. The van der Waals surface area contributed by atoms with Gasteiger partial charge in [0.1, 0.15) is 5.75 Å². The third-order valence-corrected chi connectivity index (χ3v) is 15.3. The summed E-state index contributed by atoms with van der Waals surface area (Å²) in [5.74, 6) is 3.59. The van der Waals surface area contributed by atoms with Crippen LogP contribution in [0.4, 0.5) is 11.4 Å². The van der Waals surface area contributed by atoms with Gasteiger partial charge in [0.25, 0.3) is 0 Å². The largest absolute Gasteiger partial charge is 0.494 e. The average Bonchev–Trinajstić information content (AvgIpc) is 3.45. The predicted molar refractivity (Wildman–Crippen MR) is 322 cm³/mol. The number of hydrogen-bond acceptors (Lipinski definition) is 9. The van der Waals surface area contributed by atoms with Crippen molar-refractivity contribution in [2.24, 2.45) is 0 Å². The molecule has 0 saturated heterocycles. The van der Waals surface area contributed by atoms with Gasteiger partial charge in [-0.25, -0.2) is 0 Å². The van der Waals surface area contributed by atoms with E-state index in [0.29, 0.717) is 86.3 Å². The molecule has 0 radical (unpaired) electrons. The first kappa shape index (κ1) is 62.9. The summed E-state index contributed by atoms with van der Waals surface area (Å²) in [4.78, 5) is 28.7. The molecular formula is C68H104N2O7. The number of aryl methyl sites for hydroxylation is 2. The summed E-state index contributed by atoms with van der Waals surface area (Å²) in [6.07, 6.45) is 41.9. The van der Waals surface area contributed by atoms with Crippen molar-refractivity contribution < 1.29 is 33.3 Å². The Kier molecular flexibility index (Phi) is 31.6. The molecule has 9 nitrogen and oxygen atoms in total. The molecule has 2 aliphatic carbocycles. The zero-order valence-electron chi connectivity index (χ0n) is 49.1. The maximum absolute atomic E-state index is 14.5. The minimum absolute atomic E-state index is 0.0110. The van der Waals surface area contributed by atoms with E-state index >= 15 is 0 Å². The number of fused-ring (bicyclic) bond motifs is 2. The number of ether oxygens (including phenoxy) is 5. The summed E-state index contributed by atoms with van der Waals surface area (Å²) in [5.41, 5.74) is 6.30. The lowest BCUT2D eigenvalue weighted by Crippen LogP contribution is -2.17. The summed E-state index contributed by atoms with van der Waals surface area (Å²) in [6.45, 7) is 14.3. The van der Waals surface area contributed by atoms with Crippen molar-refractivity contribution >= 4 is 22.9 Å². The lowest BCUT2D eigenvalue weighted by Gasteiger charge is -2.22. The molecule has 3 aromatic carbocycles. The van der Waals surface area contributed by atoms with Crippen LogP contribution in [-0.2, 0) is 12.8 Å². The normalized spacial score (nSPS) is 14.2. The molecule has 0 bridgehead atoms. The van der Waals surface area contributed by atoms with E-state index in [1.807, 2.05) is 42.7 Å². The first-order chi connectivity index (χ1) is 37.9.